The molecule has 0 aromatic heterocycles. The summed E-state index contributed by atoms with van der Waals surface area (Å²) in [6, 6.07) is 5.30. The van der Waals surface area contributed by atoms with Gasteiger partial charge in [0.05, 0.1) is 17.1 Å². The van der Waals surface area contributed by atoms with Crippen molar-refractivity contribution in [2.45, 2.75) is 39.5 Å². The summed E-state index contributed by atoms with van der Waals surface area (Å²) < 4.78 is 6.02. The molecule has 3 nitrogen and oxygen atoms in total. The van der Waals surface area contributed by atoms with Gasteiger partial charge in [0.25, 0.3) is 0 Å². The number of aliphatic imine (C=N–C) groups is 1. The quantitative estimate of drug-likeness (QED) is 0.524. The summed E-state index contributed by atoms with van der Waals surface area (Å²) in [7, 11) is 0. The van der Waals surface area contributed by atoms with E-state index in [1.165, 1.54) is 5.57 Å². The van der Waals surface area contributed by atoms with Crippen LogP contribution in [-0.4, -0.2) is 24.0 Å². The lowest BCUT2D eigenvalue weighted by Crippen LogP contribution is -2.15. The Morgan fingerprint density at radius 3 is 2.79 bits per heavy atom. The largest absolute Gasteiger partial charge is 0.432 e. The molecule has 0 saturated heterocycles. The molecular weight excluding hydrogens is 365 g/mol. The molecule has 0 unspecified atom stereocenters. The predicted molar refractivity (Wildman–Crippen MR) is 103 cm³/mol. The van der Waals surface area contributed by atoms with Crippen LogP contribution in [-0.2, 0) is 9.53 Å². The second-order valence-electron chi connectivity index (χ2n) is 5.60. The minimum atomic E-state index is 0.245. The molecule has 1 aromatic carbocycles. The van der Waals surface area contributed by atoms with Gasteiger partial charge in [-0.25, -0.2) is 4.99 Å². The van der Waals surface area contributed by atoms with Crippen LogP contribution < -0.4 is 0 Å². The van der Waals surface area contributed by atoms with E-state index < -0.39 is 0 Å². The van der Waals surface area contributed by atoms with Crippen molar-refractivity contribution in [3.8, 4) is 0 Å². The molecule has 6 heteroatoms. The number of hydrogen-bond acceptors (Lipinski definition) is 4. The Kier molecular flexibility index (Phi) is 7.66. The van der Waals surface area contributed by atoms with E-state index in [0.29, 0.717) is 28.9 Å². The van der Waals surface area contributed by atoms with Gasteiger partial charge in [-0.3, -0.25) is 0 Å². The van der Waals surface area contributed by atoms with Gasteiger partial charge in [0.2, 0.25) is 5.90 Å². The van der Waals surface area contributed by atoms with Crippen molar-refractivity contribution in [2.24, 2.45) is 4.99 Å². The number of thioether (sulfide) groups is 1. The van der Waals surface area contributed by atoms with Crippen LogP contribution in [0.15, 0.2) is 33.9 Å². The molecule has 1 heterocycles. The number of carbonyl (C=O) groups excluding carboxylic acids is 1. The summed E-state index contributed by atoms with van der Waals surface area (Å²) in [5.41, 5.74) is 1.95. The molecule has 0 amide bonds. The molecule has 0 fully saturated rings. The molecular formula is C18H21Cl2NO2S. The first-order chi connectivity index (χ1) is 11.5. The van der Waals surface area contributed by atoms with Crippen molar-refractivity contribution < 1.29 is 9.53 Å². The number of ketones is 1. The Labute approximate surface area is 157 Å². The maximum absolute atomic E-state index is 11.0. The number of unbranched alkanes of at least 4 members (excludes halogenated alkanes) is 1. The van der Waals surface area contributed by atoms with Crippen LogP contribution in [0.25, 0.3) is 0 Å². The molecule has 2 rings (SSSR count). The first-order valence-electron chi connectivity index (χ1n) is 8.03. The number of benzene rings is 1. The molecule has 130 valence electrons. The van der Waals surface area contributed by atoms with Crippen LogP contribution in [0.1, 0.15) is 45.1 Å². The van der Waals surface area contributed by atoms with Crippen molar-refractivity contribution in [2.75, 3.05) is 12.3 Å². The zero-order valence-corrected chi connectivity index (χ0v) is 16.2. The summed E-state index contributed by atoms with van der Waals surface area (Å²) in [5, 5.41) is 2.04. The monoisotopic (exact) mass is 385 g/mol. The highest BCUT2D eigenvalue weighted by atomic mass is 35.5. The highest BCUT2D eigenvalue weighted by Crippen LogP contribution is 2.31. The van der Waals surface area contributed by atoms with E-state index in [4.69, 9.17) is 27.9 Å². The van der Waals surface area contributed by atoms with Crippen molar-refractivity contribution in [1.29, 1.82) is 0 Å². The minimum absolute atomic E-state index is 0.245. The normalized spacial score (nSPS) is 14.4. The standard InChI is InChI=1S/C18H21Cl2NO2S/c1-3-13-11-21-17(15-8-7-14(19)10-16(15)20)23-18(13)24-9-5-4-6-12(2)22/h7-8,10H,3-6,9,11H2,1-2H3. The summed E-state index contributed by atoms with van der Waals surface area (Å²) in [5.74, 6) is 1.71. The fourth-order valence-corrected chi connectivity index (χ4v) is 3.83. The third-order valence-corrected chi connectivity index (χ3v) is 5.31. The second-order valence-corrected chi connectivity index (χ2v) is 7.51. The molecule has 24 heavy (non-hydrogen) atoms. The van der Waals surface area contributed by atoms with Gasteiger partial charge in [0, 0.05) is 22.8 Å². The van der Waals surface area contributed by atoms with Gasteiger partial charge in [-0.2, -0.15) is 0 Å². The van der Waals surface area contributed by atoms with Gasteiger partial charge in [-0.1, -0.05) is 41.9 Å². The number of Topliss-reactive ketones (excluding diaryl/α,β-unsaturated/α-hetero) is 1. The van der Waals surface area contributed by atoms with Crippen LogP contribution in [0.2, 0.25) is 10.0 Å². The Morgan fingerprint density at radius 2 is 2.12 bits per heavy atom. The summed E-state index contributed by atoms with van der Waals surface area (Å²) >= 11 is 13.9. The second kappa shape index (κ2) is 9.50. The highest BCUT2D eigenvalue weighted by Gasteiger charge is 2.20. The molecule has 0 atom stereocenters. The zero-order valence-electron chi connectivity index (χ0n) is 13.9. The third kappa shape index (κ3) is 5.54. The smallest absolute Gasteiger partial charge is 0.224 e. The van der Waals surface area contributed by atoms with Crippen LogP contribution in [0.5, 0.6) is 0 Å². The number of ether oxygens (including phenoxy) is 1. The van der Waals surface area contributed by atoms with Gasteiger partial charge >= 0.3 is 0 Å². The topological polar surface area (TPSA) is 38.7 Å². The molecule has 0 saturated carbocycles. The first kappa shape index (κ1) is 19.4. The van der Waals surface area contributed by atoms with E-state index in [0.717, 1.165) is 35.7 Å². The van der Waals surface area contributed by atoms with Gasteiger partial charge in [0.1, 0.15) is 5.78 Å². The van der Waals surface area contributed by atoms with Crippen LogP contribution in [0, 0.1) is 0 Å². The maximum atomic E-state index is 11.0. The number of carbonyl (C=O) groups is 1. The van der Waals surface area contributed by atoms with E-state index in [-0.39, 0.29) is 5.78 Å². The molecule has 0 aliphatic carbocycles. The number of nitrogens with zero attached hydrogens (tertiary/aromatic N) is 1. The summed E-state index contributed by atoms with van der Waals surface area (Å²) in [4.78, 5) is 15.5. The predicted octanol–water partition coefficient (Wildman–Crippen LogP) is 5.88. The van der Waals surface area contributed by atoms with Crippen molar-refractivity contribution in [3.63, 3.8) is 0 Å². The summed E-state index contributed by atoms with van der Waals surface area (Å²) in [6.07, 6.45) is 3.46. The van der Waals surface area contributed by atoms with Crippen molar-refractivity contribution in [1.82, 2.24) is 0 Å². The highest BCUT2D eigenvalue weighted by molar-refractivity contribution is 8.02. The lowest BCUT2D eigenvalue weighted by atomic mass is 10.2. The molecule has 0 radical (unpaired) electrons. The van der Waals surface area contributed by atoms with Crippen LogP contribution in [0.4, 0.5) is 0 Å². The van der Waals surface area contributed by atoms with Gasteiger partial charge < -0.3 is 9.53 Å². The molecule has 1 aliphatic rings. The van der Waals surface area contributed by atoms with E-state index >= 15 is 0 Å². The van der Waals surface area contributed by atoms with Gasteiger partial charge in [0.15, 0.2) is 5.09 Å². The molecule has 0 spiro atoms. The molecule has 1 aromatic rings. The Bertz CT molecular complexity index is 671. The molecule has 0 bridgehead atoms. The van der Waals surface area contributed by atoms with Gasteiger partial charge in [-0.15, -0.1) is 0 Å². The van der Waals surface area contributed by atoms with Gasteiger partial charge in [-0.05, 0) is 44.4 Å². The average molecular weight is 386 g/mol. The Morgan fingerprint density at radius 1 is 1.33 bits per heavy atom. The van der Waals surface area contributed by atoms with Crippen molar-refractivity contribution in [3.05, 3.63) is 44.5 Å². The number of halogens is 2. The van der Waals surface area contributed by atoms with Crippen LogP contribution in [0.3, 0.4) is 0 Å². The minimum Gasteiger partial charge on any atom is -0.432 e. The molecule has 0 N–H and O–H groups in total. The summed E-state index contributed by atoms with van der Waals surface area (Å²) in [6.45, 7) is 4.36. The lowest BCUT2D eigenvalue weighted by molar-refractivity contribution is -0.117. The Balaban J connectivity index is 1.99. The van der Waals surface area contributed by atoms with E-state index in [1.807, 2.05) is 6.07 Å². The lowest BCUT2D eigenvalue weighted by Gasteiger charge is -2.20. The fourth-order valence-electron chi connectivity index (χ4n) is 2.26. The number of hydrogen-bond donors (Lipinski definition) is 0. The average Bonchev–Trinajstić information content (AvgIpc) is 2.54. The third-order valence-electron chi connectivity index (χ3n) is 3.64. The zero-order chi connectivity index (χ0) is 17.5. The maximum Gasteiger partial charge on any atom is 0.224 e. The van der Waals surface area contributed by atoms with Crippen LogP contribution >= 0.6 is 35.0 Å². The van der Waals surface area contributed by atoms with E-state index in [9.17, 15) is 4.79 Å². The SMILES string of the molecule is CCC1=C(SCCCCC(C)=O)OC(c2ccc(Cl)cc2Cl)=NC1. The molecule has 1 aliphatic heterocycles. The first-order valence-corrected chi connectivity index (χ1v) is 9.77. The Hall–Kier alpha value is -0.970. The number of rotatable bonds is 8. The van der Waals surface area contributed by atoms with E-state index in [2.05, 4.69) is 11.9 Å². The van der Waals surface area contributed by atoms with Crippen molar-refractivity contribution >= 4 is 46.6 Å². The van der Waals surface area contributed by atoms with E-state index in [1.54, 1.807) is 30.8 Å². The fraction of sp³-hybridized carbons (Fsp3) is 0.444.